The Balaban J connectivity index is 2.53. The van der Waals surface area contributed by atoms with Crippen molar-refractivity contribution < 1.29 is 23.1 Å². The second kappa shape index (κ2) is 4.20. The summed E-state index contributed by atoms with van der Waals surface area (Å²) in [6, 6.07) is 1.99. The number of hydrogen-bond acceptors (Lipinski definition) is 2. The fourth-order valence-electron chi connectivity index (χ4n) is 1.71. The first-order valence-electron chi connectivity index (χ1n) is 4.87. The summed E-state index contributed by atoms with van der Waals surface area (Å²) in [5, 5.41) is 11.3. The molecule has 0 unspecified atom stereocenters. The third kappa shape index (κ3) is 2.28. The molecule has 0 saturated heterocycles. The summed E-state index contributed by atoms with van der Waals surface area (Å²) in [4.78, 5) is 10.9. The van der Waals surface area contributed by atoms with E-state index >= 15 is 0 Å². The molecular formula is C11H7ClF3NO2. The van der Waals surface area contributed by atoms with Crippen LogP contribution in [0.15, 0.2) is 23.8 Å². The summed E-state index contributed by atoms with van der Waals surface area (Å²) >= 11 is 5.70. The molecule has 0 aliphatic carbocycles. The van der Waals surface area contributed by atoms with Crippen LogP contribution in [0.4, 0.5) is 18.9 Å². The van der Waals surface area contributed by atoms with Gasteiger partial charge in [0.1, 0.15) is 0 Å². The number of carboxylic acids is 1. The average molecular weight is 278 g/mol. The third-order valence-corrected chi connectivity index (χ3v) is 2.74. The maximum absolute atomic E-state index is 12.7. The first-order valence-corrected chi connectivity index (χ1v) is 5.24. The molecule has 0 amide bonds. The van der Waals surface area contributed by atoms with Crippen molar-refractivity contribution in [1.82, 2.24) is 0 Å². The normalized spacial score (nSPS) is 18.7. The molecule has 1 aliphatic rings. The number of halogens is 4. The van der Waals surface area contributed by atoms with Crippen LogP contribution in [0, 0.1) is 0 Å². The largest absolute Gasteiger partial charge is 0.478 e. The van der Waals surface area contributed by atoms with Crippen molar-refractivity contribution in [3.05, 3.63) is 34.4 Å². The molecule has 1 aromatic rings. The number of aliphatic carboxylic acids is 1. The number of carboxylic acid groups (broad SMARTS) is 1. The predicted octanol–water partition coefficient (Wildman–Crippen LogP) is 3.16. The van der Waals surface area contributed by atoms with Gasteiger partial charge in [0.2, 0.25) is 0 Å². The van der Waals surface area contributed by atoms with Gasteiger partial charge in [-0.1, -0.05) is 11.6 Å². The Labute approximate surface area is 105 Å². The summed E-state index contributed by atoms with van der Waals surface area (Å²) in [6.45, 7) is 0. The lowest BCUT2D eigenvalue weighted by Crippen LogP contribution is -2.41. The van der Waals surface area contributed by atoms with Crippen molar-refractivity contribution in [2.75, 3.05) is 5.32 Å². The molecule has 96 valence electrons. The molecule has 1 aliphatic heterocycles. The highest BCUT2D eigenvalue weighted by molar-refractivity contribution is 6.30. The van der Waals surface area contributed by atoms with Gasteiger partial charge in [-0.2, -0.15) is 13.2 Å². The maximum atomic E-state index is 12.7. The zero-order valence-electron chi connectivity index (χ0n) is 8.75. The molecule has 1 aromatic carbocycles. The Bertz CT molecular complexity index is 540. The Morgan fingerprint density at radius 1 is 1.39 bits per heavy atom. The summed E-state index contributed by atoms with van der Waals surface area (Å²) in [5.74, 6) is -1.62. The molecule has 0 bridgehead atoms. The minimum absolute atomic E-state index is 0.201. The number of alkyl halides is 3. The van der Waals surface area contributed by atoms with Crippen molar-refractivity contribution >= 4 is 29.3 Å². The number of rotatable bonds is 1. The first-order chi connectivity index (χ1) is 8.29. The monoisotopic (exact) mass is 277 g/mol. The SMILES string of the molecule is O=C(O)C1=Cc2cc(Cl)ccc2N[C@H]1C(F)(F)F. The third-order valence-electron chi connectivity index (χ3n) is 2.51. The Morgan fingerprint density at radius 3 is 2.61 bits per heavy atom. The van der Waals surface area contributed by atoms with Crippen molar-refractivity contribution in [2.45, 2.75) is 12.2 Å². The van der Waals surface area contributed by atoms with E-state index < -0.39 is 23.8 Å². The molecule has 7 heteroatoms. The molecule has 18 heavy (non-hydrogen) atoms. The molecule has 0 spiro atoms. The van der Waals surface area contributed by atoms with E-state index in [1.807, 2.05) is 0 Å². The second-order valence-electron chi connectivity index (χ2n) is 3.76. The van der Waals surface area contributed by atoms with Crippen molar-refractivity contribution in [1.29, 1.82) is 0 Å². The molecule has 0 radical (unpaired) electrons. The van der Waals surface area contributed by atoms with E-state index in [0.29, 0.717) is 10.6 Å². The topological polar surface area (TPSA) is 49.3 Å². The van der Waals surface area contributed by atoms with Gasteiger partial charge >= 0.3 is 12.1 Å². The van der Waals surface area contributed by atoms with Gasteiger partial charge in [-0.3, -0.25) is 0 Å². The quantitative estimate of drug-likeness (QED) is 0.829. The van der Waals surface area contributed by atoms with Crippen LogP contribution in [0.2, 0.25) is 5.02 Å². The highest BCUT2D eigenvalue weighted by Gasteiger charge is 2.46. The molecule has 3 nitrogen and oxygen atoms in total. The first kappa shape index (κ1) is 12.8. The van der Waals surface area contributed by atoms with Gasteiger partial charge in [0.05, 0.1) is 5.57 Å². The van der Waals surface area contributed by atoms with Gasteiger partial charge in [-0.25, -0.2) is 4.79 Å². The number of nitrogens with one attached hydrogen (secondary N) is 1. The lowest BCUT2D eigenvalue weighted by atomic mass is 9.97. The minimum Gasteiger partial charge on any atom is -0.478 e. The van der Waals surface area contributed by atoms with Gasteiger partial charge in [0.15, 0.2) is 6.04 Å². The standard InChI is InChI=1S/C11H7ClF3NO2/c12-6-1-2-8-5(3-6)4-7(10(17)18)9(16-8)11(13,14)15/h1-4,9,16H,(H,17,18)/t9-/m1/s1. The molecule has 1 atom stereocenters. The zero-order valence-corrected chi connectivity index (χ0v) is 9.51. The summed E-state index contributed by atoms with van der Waals surface area (Å²) in [7, 11) is 0. The number of carbonyl (C=O) groups is 1. The number of fused-ring (bicyclic) bond motifs is 1. The lowest BCUT2D eigenvalue weighted by Gasteiger charge is -2.28. The van der Waals surface area contributed by atoms with E-state index in [4.69, 9.17) is 16.7 Å². The van der Waals surface area contributed by atoms with Crippen LogP contribution < -0.4 is 5.32 Å². The number of benzene rings is 1. The number of hydrogen-bond donors (Lipinski definition) is 2. The van der Waals surface area contributed by atoms with Gasteiger partial charge in [-0.05, 0) is 29.8 Å². The second-order valence-corrected chi connectivity index (χ2v) is 4.19. The van der Waals surface area contributed by atoms with Crippen LogP contribution in [-0.2, 0) is 4.79 Å². The van der Waals surface area contributed by atoms with Crippen LogP contribution in [0.5, 0.6) is 0 Å². The average Bonchev–Trinajstić information content (AvgIpc) is 2.25. The summed E-state index contributed by atoms with van der Waals surface area (Å²) in [5.41, 5.74) is -0.232. The van der Waals surface area contributed by atoms with E-state index in [9.17, 15) is 18.0 Å². The summed E-state index contributed by atoms with van der Waals surface area (Å²) in [6.07, 6.45) is -3.69. The van der Waals surface area contributed by atoms with E-state index in [0.717, 1.165) is 6.08 Å². The highest BCUT2D eigenvalue weighted by atomic mass is 35.5. The van der Waals surface area contributed by atoms with E-state index in [-0.39, 0.29) is 5.69 Å². The zero-order chi connectivity index (χ0) is 13.5. The van der Waals surface area contributed by atoms with E-state index in [1.165, 1.54) is 18.2 Å². The Hall–Kier alpha value is -1.69. The van der Waals surface area contributed by atoms with Gasteiger partial charge in [-0.15, -0.1) is 0 Å². The predicted molar refractivity (Wildman–Crippen MR) is 60.5 cm³/mol. The van der Waals surface area contributed by atoms with Crippen LogP contribution in [0.25, 0.3) is 6.08 Å². The van der Waals surface area contributed by atoms with Gasteiger partial charge in [0, 0.05) is 10.7 Å². The molecule has 2 N–H and O–H groups in total. The fraction of sp³-hybridized carbons (Fsp3) is 0.182. The van der Waals surface area contributed by atoms with E-state index in [1.54, 1.807) is 0 Å². The Morgan fingerprint density at radius 2 is 2.06 bits per heavy atom. The van der Waals surface area contributed by atoms with Crippen molar-refractivity contribution in [2.24, 2.45) is 0 Å². The van der Waals surface area contributed by atoms with Crippen LogP contribution in [-0.4, -0.2) is 23.3 Å². The van der Waals surface area contributed by atoms with Crippen molar-refractivity contribution in [3.63, 3.8) is 0 Å². The molecule has 1 heterocycles. The molecular weight excluding hydrogens is 271 g/mol. The highest BCUT2D eigenvalue weighted by Crippen LogP contribution is 2.36. The summed E-state index contributed by atoms with van der Waals surface area (Å²) < 4.78 is 38.2. The molecule has 0 saturated carbocycles. The molecule has 2 rings (SSSR count). The molecule has 0 aromatic heterocycles. The Kier molecular flexibility index (Phi) is 2.98. The van der Waals surface area contributed by atoms with Crippen LogP contribution >= 0.6 is 11.6 Å². The fourth-order valence-corrected chi connectivity index (χ4v) is 1.89. The molecule has 0 fully saturated rings. The van der Waals surface area contributed by atoms with Crippen LogP contribution in [0.3, 0.4) is 0 Å². The maximum Gasteiger partial charge on any atom is 0.413 e. The van der Waals surface area contributed by atoms with E-state index in [2.05, 4.69) is 5.32 Å². The smallest absolute Gasteiger partial charge is 0.413 e. The van der Waals surface area contributed by atoms with Crippen LogP contribution in [0.1, 0.15) is 5.56 Å². The van der Waals surface area contributed by atoms with Gasteiger partial charge < -0.3 is 10.4 Å². The van der Waals surface area contributed by atoms with Crippen molar-refractivity contribution in [3.8, 4) is 0 Å². The minimum atomic E-state index is -4.68. The lowest BCUT2D eigenvalue weighted by molar-refractivity contribution is -0.146. The number of anilines is 1. The van der Waals surface area contributed by atoms with Gasteiger partial charge in [0.25, 0.3) is 0 Å².